The zero-order valence-corrected chi connectivity index (χ0v) is 14.6. The van der Waals surface area contributed by atoms with Crippen LogP contribution in [-0.2, 0) is 13.0 Å². The van der Waals surface area contributed by atoms with Crippen molar-refractivity contribution in [3.05, 3.63) is 95.3 Å². The fraction of sp³-hybridized carbons (Fsp3) is 0.143. The van der Waals surface area contributed by atoms with E-state index in [2.05, 4.69) is 15.6 Å². The molecule has 0 radical (unpaired) electrons. The van der Waals surface area contributed by atoms with Crippen LogP contribution < -0.4 is 10.6 Å². The number of rotatable bonds is 7. The summed E-state index contributed by atoms with van der Waals surface area (Å²) in [7, 11) is 0. The zero-order chi connectivity index (χ0) is 19.1. The molecule has 2 aromatic carbocycles. The smallest absolute Gasteiger partial charge is 0.253 e. The highest BCUT2D eigenvalue weighted by molar-refractivity contribution is 5.94. The molecule has 1 aromatic heterocycles. The van der Waals surface area contributed by atoms with Gasteiger partial charge in [-0.1, -0.05) is 24.3 Å². The summed E-state index contributed by atoms with van der Waals surface area (Å²) in [5, 5.41) is 5.99. The fourth-order valence-electron chi connectivity index (χ4n) is 2.55. The maximum absolute atomic E-state index is 12.9. The summed E-state index contributed by atoms with van der Waals surface area (Å²) in [6.07, 6.45) is 3.85. The van der Waals surface area contributed by atoms with Gasteiger partial charge in [0.15, 0.2) is 0 Å². The Kier molecular flexibility index (Phi) is 6.10. The maximum Gasteiger partial charge on any atom is 0.253 e. The molecule has 3 aromatic rings. The molecular formula is C21H19F2N3O. The molecule has 0 bridgehead atoms. The monoisotopic (exact) mass is 367 g/mol. The van der Waals surface area contributed by atoms with Gasteiger partial charge in [0, 0.05) is 25.5 Å². The van der Waals surface area contributed by atoms with Crippen molar-refractivity contribution >= 4 is 11.6 Å². The molecule has 0 atom stereocenters. The van der Waals surface area contributed by atoms with E-state index in [0.29, 0.717) is 18.7 Å². The number of nitrogens with one attached hydrogen (secondary N) is 2. The van der Waals surface area contributed by atoms with Crippen LogP contribution in [0, 0.1) is 11.6 Å². The first-order valence-electron chi connectivity index (χ1n) is 8.56. The maximum atomic E-state index is 12.9. The lowest BCUT2D eigenvalue weighted by atomic mass is 10.1. The number of amides is 1. The third kappa shape index (κ3) is 5.60. The van der Waals surface area contributed by atoms with E-state index in [4.69, 9.17) is 0 Å². The van der Waals surface area contributed by atoms with Crippen molar-refractivity contribution in [2.45, 2.75) is 13.0 Å². The lowest BCUT2D eigenvalue weighted by Crippen LogP contribution is -2.23. The standard InChI is InChI=1S/C21H19F2N3O/c22-18-5-1-15(2-6-18)9-10-25-20-11-17(13-24-14-20)21(27)26-12-16-3-7-19(23)8-4-16/h1-8,11,13-14,25H,9-10,12H2,(H,26,27). The Labute approximate surface area is 156 Å². The van der Waals surface area contributed by atoms with Gasteiger partial charge >= 0.3 is 0 Å². The van der Waals surface area contributed by atoms with Gasteiger partial charge in [-0.15, -0.1) is 0 Å². The van der Waals surface area contributed by atoms with Crippen molar-refractivity contribution in [2.75, 3.05) is 11.9 Å². The largest absolute Gasteiger partial charge is 0.383 e. The Morgan fingerprint density at radius 2 is 1.52 bits per heavy atom. The molecule has 0 aliphatic heterocycles. The predicted molar refractivity (Wildman–Crippen MR) is 100 cm³/mol. The second-order valence-electron chi connectivity index (χ2n) is 6.07. The summed E-state index contributed by atoms with van der Waals surface area (Å²) in [5.74, 6) is -0.821. The molecule has 4 nitrogen and oxygen atoms in total. The normalized spacial score (nSPS) is 10.4. The highest BCUT2D eigenvalue weighted by atomic mass is 19.1. The highest BCUT2D eigenvalue weighted by Gasteiger charge is 2.07. The molecule has 0 fully saturated rings. The number of benzene rings is 2. The van der Waals surface area contributed by atoms with E-state index < -0.39 is 0 Å². The summed E-state index contributed by atoms with van der Waals surface area (Å²) in [6.45, 7) is 0.940. The molecule has 0 aliphatic rings. The van der Waals surface area contributed by atoms with Crippen LogP contribution in [0.25, 0.3) is 0 Å². The van der Waals surface area contributed by atoms with Gasteiger partial charge in [-0.25, -0.2) is 8.78 Å². The van der Waals surface area contributed by atoms with E-state index in [1.165, 1.54) is 30.5 Å². The Balaban J connectivity index is 1.52. The number of anilines is 1. The average Bonchev–Trinajstić information content (AvgIpc) is 2.69. The molecule has 0 saturated carbocycles. The van der Waals surface area contributed by atoms with Gasteiger partial charge in [-0.2, -0.15) is 0 Å². The van der Waals surface area contributed by atoms with Crippen molar-refractivity contribution in [1.29, 1.82) is 0 Å². The minimum absolute atomic E-state index is 0.254. The molecule has 0 aliphatic carbocycles. The molecular weight excluding hydrogens is 348 g/mol. The van der Waals surface area contributed by atoms with Gasteiger partial charge < -0.3 is 10.6 Å². The third-order valence-corrected chi connectivity index (χ3v) is 4.02. The van der Waals surface area contributed by atoms with Crippen molar-refractivity contribution in [2.24, 2.45) is 0 Å². The SMILES string of the molecule is O=C(NCc1ccc(F)cc1)c1cncc(NCCc2ccc(F)cc2)c1. The van der Waals surface area contributed by atoms with Crippen molar-refractivity contribution < 1.29 is 13.6 Å². The molecule has 6 heteroatoms. The van der Waals surface area contributed by atoms with Crippen LogP contribution in [0.1, 0.15) is 21.5 Å². The Morgan fingerprint density at radius 3 is 2.19 bits per heavy atom. The number of halogens is 2. The van der Waals surface area contributed by atoms with Crippen molar-refractivity contribution in [3.8, 4) is 0 Å². The van der Waals surface area contributed by atoms with Gasteiger partial charge in [-0.05, 0) is 47.9 Å². The number of pyridine rings is 1. The van der Waals surface area contributed by atoms with Gasteiger partial charge in [0.25, 0.3) is 5.91 Å². The lowest BCUT2D eigenvalue weighted by Gasteiger charge is -2.09. The average molecular weight is 367 g/mol. The molecule has 2 N–H and O–H groups in total. The van der Waals surface area contributed by atoms with E-state index in [-0.39, 0.29) is 17.5 Å². The first kappa shape index (κ1) is 18.5. The Hall–Kier alpha value is -3.28. The quantitative estimate of drug-likeness (QED) is 0.665. The highest BCUT2D eigenvalue weighted by Crippen LogP contribution is 2.10. The number of carbonyl (C=O) groups excluding carboxylic acids is 1. The van der Waals surface area contributed by atoms with Gasteiger partial charge in [-0.3, -0.25) is 9.78 Å². The Morgan fingerprint density at radius 1 is 0.889 bits per heavy atom. The second kappa shape index (κ2) is 8.89. The molecule has 1 amide bonds. The lowest BCUT2D eigenvalue weighted by molar-refractivity contribution is 0.0950. The van der Waals surface area contributed by atoms with Crippen LogP contribution in [0.3, 0.4) is 0 Å². The summed E-state index contributed by atoms with van der Waals surface area (Å²) >= 11 is 0. The fourth-order valence-corrected chi connectivity index (χ4v) is 2.55. The van der Waals surface area contributed by atoms with E-state index in [1.807, 2.05) is 0 Å². The topological polar surface area (TPSA) is 54.0 Å². The molecule has 3 rings (SSSR count). The number of carbonyl (C=O) groups is 1. The molecule has 0 spiro atoms. The van der Waals surface area contributed by atoms with Crippen LogP contribution in [0.2, 0.25) is 0 Å². The van der Waals surface area contributed by atoms with Crippen LogP contribution in [0.15, 0.2) is 67.0 Å². The minimum atomic E-state index is -0.311. The minimum Gasteiger partial charge on any atom is -0.383 e. The molecule has 138 valence electrons. The molecule has 27 heavy (non-hydrogen) atoms. The van der Waals surface area contributed by atoms with E-state index in [1.54, 1.807) is 36.5 Å². The van der Waals surface area contributed by atoms with Crippen LogP contribution in [0.5, 0.6) is 0 Å². The second-order valence-corrected chi connectivity index (χ2v) is 6.07. The van der Waals surface area contributed by atoms with Gasteiger partial charge in [0.05, 0.1) is 11.3 Å². The van der Waals surface area contributed by atoms with Crippen LogP contribution >= 0.6 is 0 Å². The third-order valence-electron chi connectivity index (χ3n) is 4.02. The van der Waals surface area contributed by atoms with Crippen molar-refractivity contribution in [3.63, 3.8) is 0 Å². The summed E-state index contributed by atoms with van der Waals surface area (Å²) in [4.78, 5) is 16.4. The number of hydrogen-bond acceptors (Lipinski definition) is 3. The summed E-state index contributed by atoms with van der Waals surface area (Å²) in [5.41, 5.74) is 2.99. The summed E-state index contributed by atoms with van der Waals surface area (Å²) < 4.78 is 25.8. The predicted octanol–water partition coefficient (Wildman–Crippen LogP) is 3.94. The van der Waals surface area contributed by atoms with E-state index >= 15 is 0 Å². The van der Waals surface area contributed by atoms with Gasteiger partial charge in [0.1, 0.15) is 11.6 Å². The molecule has 1 heterocycles. The van der Waals surface area contributed by atoms with E-state index in [9.17, 15) is 13.6 Å². The van der Waals surface area contributed by atoms with Crippen LogP contribution in [-0.4, -0.2) is 17.4 Å². The zero-order valence-electron chi connectivity index (χ0n) is 14.6. The summed E-state index contributed by atoms with van der Waals surface area (Å²) in [6, 6.07) is 14.0. The Bertz CT molecular complexity index is 896. The first-order valence-corrected chi connectivity index (χ1v) is 8.56. The van der Waals surface area contributed by atoms with E-state index in [0.717, 1.165) is 23.2 Å². The van der Waals surface area contributed by atoms with Crippen LogP contribution in [0.4, 0.5) is 14.5 Å². The molecule has 0 unspecified atom stereocenters. The number of hydrogen-bond donors (Lipinski definition) is 2. The number of aromatic nitrogens is 1. The van der Waals surface area contributed by atoms with Gasteiger partial charge in [0.2, 0.25) is 0 Å². The van der Waals surface area contributed by atoms with Crippen molar-refractivity contribution in [1.82, 2.24) is 10.3 Å². The number of nitrogens with zero attached hydrogens (tertiary/aromatic N) is 1. The first-order chi connectivity index (χ1) is 13.1. The molecule has 0 saturated heterocycles.